The van der Waals surface area contributed by atoms with Crippen LogP contribution in [-0.2, 0) is 0 Å². The lowest BCUT2D eigenvalue weighted by Gasteiger charge is -1.99. The van der Waals surface area contributed by atoms with Crippen molar-refractivity contribution in [2.45, 2.75) is 20.8 Å². The highest BCUT2D eigenvalue weighted by Crippen LogP contribution is 2.29. The normalized spacial score (nSPS) is 10.8. The van der Waals surface area contributed by atoms with E-state index in [-0.39, 0.29) is 0 Å². The highest BCUT2D eigenvalue weighted by atomic mass is 16.4. The Bertz CT molecular complexity index is 721. The molecule has 20 heavy (non-hydrogen) atoms. The molecule has 0 radical (unpaired) electrons. The van der Waals surface area contributed by atoms with E-state index in [0.717, 1.165) is 22.6 Å². The fraction of sp³-hybridized carbons (Fsp3) is 0.167. The number of hydrogen-bond donors (Lipinski definition) is 0. The maximum Gasteiger partial charge on any atom is 0.226 e. The second kappa shape index (κ2) is 4.97. The van der Waals surface area contributed by atoms with Crippen LogP contribution in [0.5, 0.6) is 0 Å². The number of aryl methyl sites for hydroxylation is 3. The summed E-state index contributed by atoms with van der Waals surface area (Å²) in [7, 11) is 0. The predicted octanol–water partition coefficient (Wildman–Crippen LogP) is 4.93. The molecule has 0 N–H and O–H groups in total. The zero-order valence-corrected chi connectivity index (χ0v) is 12.0. The molecule has 0 atom stereocenters. The van der Waals surface area contributed by atoms with Crippen molar-refractivity contribution in [3.63, 3.8) is 0 Å². The Balaban J connectivity index is 2.02. The molecular formula is C18H17NO. The van der Waals surface area contributed by atoms with Gasteiger partial charge in [0.15, 0.2) is 5.76 Å². The van der Waals surface area contributed by atoms with Crippen LogP contribution in [0.4, 0.5) is 0 Å². The minimum absolute atomic E-state index is 0.679. The Morgan fingerprint density at radius 1 is 0.700 bits per heavy atom. The molecule has 0 spiro atoms. The average Bonchev–Trinajstić information content (AvgIpc) is 2.82. The maximum atomic E-state index is 5.96. The highest BCUT2D eigenvalue weighted by molar-refractivity contribution is 5.64. The van der Waals surface area contributed by atoms with Gasteiger partial charge < -0.3 is 4.42 Å². The van der Waals surface area contributed by atoms with Gasteiger partial charge in [-0.1, -0.05) is 47.5 Å². The summed E-state index contributed by atoms with van der Waals surface area (Å²) >= 11 is 0. The van der Waals surface area contributed by atoms with Crippen LogP contribution in [0.1, 0.15) is 16.8 Å². The standard InChI is InChI=1S/C18H17NO/c1-12-4-8-15(9-5-12)17-14(3)19-18(20-17)16-10-6-13(2)7-11-16/h4-11H,1-3H3. The van der Waals surface area contributed by atoms with Gasteiger partial charge in [-0.25, -0.2) is 4.98 Å². The lowest BCUT2D eigenvalue weighted by Crippen LogP contribution is -1.79. The number of hydrogen-bond acceptors (Lipinski definition) is 2. The van der Waals surface area contributed by atoms with E-state index < -0.39 is 0 Å². The first kappa shape index (κ1) is 12.7. The summed E-state index contributed by atoms with van der Waals surface area (Å²) in [6, 6.07) is 16.5. The Labute approximate surface area is 119 Å². The van der Waals surface area contributed by atoms with Crippen LogP contribution in [-0.4, -0.2) is 4.98 Å². The lowest BCUT2D eigenvalue weighted by atomic mass is 10.1. The molecule has 0 fully saturated rings. The Morgan fingerprint density at radius 3 is 1.75 bits per heavy atom. The molecule has 1 aromatic heterocycles. The molecule has 0 aliphatic rings. The van der Waals surface area contributed by atoms with Gasteiger partial charge >= 0.3 is 0 Å². The lowest BCUT2D eigenvalue weighted by molar-refractivity contribution is 0.588. The van der Waals surface area contributed by atoms with Crippen LogP contribution < -0.4 is 0 Å². The van der Waals surface area contributed by atoms with Crippen molar-refractivity contribution in [3.8, 4) is 22.8 Å². The van der Waals surface area contributed by atoms with Crippen molar-refractivity contribution in [2.75, 3.05) is 0 Å². The molecule has 0 amide bonds. The number of aromatic nitrogens is 1. The molecule has 0 aliphatic carbocycles. The summed E-state index contributed by atoms with van der Waals surface area (Å²) in [5, 5.41) is 0. The first-order valence-electron chi connectivity index (χ1n) is 6.75. The van der Waals surface area contributed by atoms with Crippen LogP contribution in [0.2, 0.25) is 0 Å². The van der Waals surface area contributed by atoms with Gasteiger partial charge in [-0.3, -0.25) is 0 Å². The predicted molar refractivity (Wildman–Crippen MR) is 81.6 cm³/mol. The van der Waals surface area contributed by atoms with Crippen molar-refractivity contribution < 1.29 is 4.42 Å². The van der Waals surface area contributed by atoms with Crippen LogP contribution in [0.25, 0.3) is 22.8 Å². The Morgan fingerprint density at radius 2 is 1.20 bits per heavy atom. The van der Waals surface area contributed by atoms with Crippen molar-refractivity contribution in [1.82, 2.24) is 4.98 Å². The zero-order chi connectivity index (χ0) is 14.1. The second-order valence-electron chi connectivity index (χ2n) is 5.17. The van der Waals surface area contributed by atoms with Gasteiger partial charge in [0.2, 0.25) is 5.89 Å². The van der Waals surface area contributed by atoms with Gasteiger partial charge in [0.1, 0.15) is 0 Å². The number of nitrogens with zero attached hydrogens (tertiary/aromatic N) is 1. The summed E-state index contributed by atoms with van der Waals surface area (Å²) in [6.07, 6.45) is 0. The number of benzene rings is 2. The maximum absolute atomic E-state index is 5.96. The Hall–Kier alpha value is -2.35. The molecule has 0 saturated heterocycles. The molecule has 0 bridgehead atoms. The molecular weight excluding hydrogens is 246 g/mol. The Kier molecular flexibility index (Phi) is 3.15. The van der Waals surface area contributed by atoms with Crippen molar-refractivity contribution in [1.29, 1.82) is 0 Å². The summed E-state index contributed by atoms with van der Waals surface area (Å²) in [6.45, 7) is 6.13. The van der Waals surface area contributed by atoms with Gasteiger partial charge in [-0.15, -0.1) is 0 Å². The van der Waals surface area contributed by atoms with Crippen molar-refractivity contribution in [2.24, 2.45) is 0 Å². The second-order valence-corrected chi connectivity index (χ2v) is 5.17. The van der Waals surface area contributed by atoms with E-state index in [2.05, 4.69) is 55.2 Å². The van der Waals surface area contributed by atoms with E-state index in [4.69, 9.17) is 4.42 Å². The molecule has 1 heterocycles. The molecule has 0 aliphatic heterocycles. The fourth-order valence-corrected chi connectivity index (χ4v) is 2.19. The van der Waals surface area contributed by atoms with Crippen LogP contribution in [0.3, 0.4) is 0 Å². The van der Waals surface area contributed by atoms with E-state index in [0.29, 0.717) is 5.89 Å². The minimum Gasteiger partial charge on any atom is -0.436 e. The van der Waals surface area contributed by atoms with Crippen molar-refractivity contribution >= 4 is 0 Å². The third-order valence-electron chi connectivity index (χ3n) is 3.41. The molecule has 0 saturated carbocycles. The quantitative estimate of drug-likeness (QED) is 0.655. The minimum atomic E-state index is 0.679. The smallest absolute Gasteiger partial charge is 0.226 e. The third kappa shape index (κ3) is 2.37. The van der Waals surface area contributed by atoms with Gasteiger partial charge in [-0.2, -0.15) is 0 Å². The van der Waals surface area contributed by atoms with E-state index in [1.807, 2.05) is 19.1 Å². The van der Waals surface area contributed by atoms with Crippen LogP contribution in [0.15, 0.2) is 52.9 Å². The van der Waals surface area contributed by atoms with Crippen LogP contribution >= 0.6 is 0 Å². The number of rotatable bonds is 2. The van der Waals surface area contributed by atoms with Crippen LogP contribution in [0, 0.1) is 20.8 Å². The summed E-state index contributed by atoms with van der Waals surface area (Å²) in [5.74, 6) is 1.53. The molecule has 0 unspecified atom stereocenters. The number of oxazole rings is 1. The molecule has 100 valence electrons. The fourth-order valence-electron chi connectivity index (χ4n) is 2.19. The molecule has 2 heteroatoms. The molecule has 2 aromatic carbocycles. The topological polar surface area (TPSA) is 26.0 Å². The molecule has 2 nitrogen and oxygen atoms in total. The molecule has 3 aromatic rings. The third-order valence-corrected chi connectivity index (χ3v) is 3.41. The van der Waals surface area contributed by atoms with E-state index in [1.165, 1.54) is 11.1 Å². The highest BCUT2D eigenvalue weighted by Gasteiger charge is 2.12. The van der Waals surface area contributed by atoms with E-state index in [1.54, 1.807) is 0 Å². The van der Waals surface area contributed by atoms with Gasteiger partial charge in [0, 0.05) is 11.1 Å². The summed E-state index contributed by atoms with van der Waals surface area (Å²) in [5.41, 5.74) is 5.47. The van der Waals surface area contributed by atoms with Gasteiger partial charge in [0.05, 0.1) is 5.69 Å². The molecule has 3 rings (SSSR count). The zero-order valence-electron chi connectivity index (χ0n) is 12.0. The van der Waals surface area contributed by atoms with E-state index >= 15 is 0 Å². The largest absolute Gasteiger partial charge is 0.436 e. The summed E-state index contributed by atoms with van der Waals surface area (Å²) < 4.78 is 5.96. The summed E-state index contributed by atoms with van der Waals surface area (Å²) in [4.78, 5) is 4.54. The SMILES string of the molecule is Cc1ccc(-c2nc(C)c(-c3ccc(C)cc3)o2)cc1. The first-order valence-corrected chi connectivity index (χ1v) is 6.75. The van der Waals surface area contributed by atoms with Crippen molar-refractivity contribution in [3.05, 3.63) is 65.4 Å². The van der Waals surface area contributed by atoms with Gasteiger partial charge in [-0.05, 0) is 32.9 Å². The van der Waals surface area contributed by atoms with Gasteiger partial charge in [0.25, 0.3) is 0 Å². The van der Waals surface area contributed by atoms with E-state index in [9.17, 15) is 0 Å². The first-order chi connectivity index (χ1) is 9.63. The monoisotopic (exact) mass is 263 g/mol. The average molecular weight is 263 g/mol.